The Morgan fingerprint density at radius 1 is 1.04 bits per heavy atom. The highest BCUT2D eigenvalue weighted by Gasteiger charge is 2.32. The van der Waals surface area contributed by atoms with Crippen molar-refractivity contribution in [2.45, 2.75) is 37.0 Å². The standard InChI is InChI=1S/C20H23N3O3S/c24-20(22-18-6-10-21-11-7-18)16-8-12-23(13-9-16)27(25,26)19-5-4-15-2-1-3-17(15)14-19/h4-7,10-11,14,16H,1-3,8-9,12-13H2,(H,21,22,24). The number of fused-ring (bicyclic) bond motifs is 1. The number of carbonyl (C=O) groups is 1. The first-order valence-corrected chi connectivity index (χ1v) is 10.8. The zero-order valence-electron chi connectivity index (χ0n) is 15.1. The lowest BCUT2D eigenvalue weighted by atomic mass is 9.97. The third kappa shape index (κ3) is 3.75. The van der Waals surface area contributed by atoms with Gasteiger partial charge in [-0.25, -0.2) is 8.42 Å². The fraction of sp³-hybridized carbons (Fsp3) is 0.400. The van der Waals surface area contributed by atoms with E-state index in [9.17, 15) is 13.2 Å². The zero-order valence-corrected chi connectivity index (χ0v) is 15.9. The number of amides is 1. The Kier molecular flexibility index (Phi) is 4.97. The second-order valence-electron chi connectivity index (χ2n) is 7.19. The smallest absolute Gasteiger partial charge is 0.243 e. The molecule has 0 bridgehead atoms. The van der Waals surface area contributed by atoms with Crippen molar-refractivity contribution in [1.29, 1.82) is 0 Å². The second kappa shape index (κ2) is 7.40. The van der Waals surface area contributed by atoms with E-state index in [0.29, 0.717) is 36.5 Å². The molecule has 7 heteroatoms. The van der Waals surface area contributed by atoms with Crippen molar-refractivity contribution in [3.05, 3.63) is 53.9 Å². The van der Waals surface area contributed by atoms with Crippen LogP contribution in [0.1, 0.15) is 30.4 Å². The Labute approximate surface area is 159 Å². The molecule has 1 fully saturated rings. The number of hydrogen-bond donors (Lipinski definition) is 1. The third-order valence-corrected chi connectivity index (χ3v) is 7.37. The molecular weight excluding hydrogens is 362 g/mol. The van der Waals surface area contributed by atoms with Gasteiger partial charge in [0.25, 0.3) is 0 Å². The van der Waals surface area contributed by atoms with Crippen LogP contribution in [0.25, 0.3) is 0 Å². The molecule has 1 amide bonds. The number of aryl methyl sites for hydroxylation is 2. The van der Waals surface area contributed by atoms with E-state index in [-0.39, 0.29) is 11.8 Å². The monoisotopic (exact) mass is 385 g/mol. The molecule has 1 saturated heterocycles. The van der Waals surface area contributed by atoms with E-state index in [4.69, 9.17) is 0 Å². The van der Waals surface area contributed by atoms with Crippen LogP contribution < -0.4 is 5.32 Å². The third-order valence-electron chi connectivity index (χ3n) is 5.48. The lowest BCUT2D eigenvalue weighted by molar-refractivity contribution is -0.120. The summed E-state index contributed by atoms with van der Waals surface area (Å²) in [5.41, 5.74) is 3.13. The van der Waals surface area contributed by atoms with E-state index in [2.05, 4.69) is 10.3 Å². The molecule has 4 rings (SSSR count). The molecule has 0 atom stereocenters. The van der Waals surface area contributed by atoms with E-state index >= 15 is 0 Å². The largest absolute Gasteiger partial charge is 0.326 e. The van der Waals surface area contributed by atoms with Crippen LogP contribution in [0.2, 0.25) is 0 Å². The Hall–Kier alpha value is -2.25. The summed E-state index contributed by atoms with van der Waals surface area (Å²) >= 11 is 0. The van der Waals surface area contributed by atoms with Gasteiger partial charge in [-0.3, -0.25) is 9.78 Å². The Bertz CT molecular complexity index is 936. The van der Waals surface area contributed by atoms with Gasteiger partial charge >= 0.3 is 0 Å². The number of rotatable bonds is 4. The minimum atomic E-state index is -3.50. The maximum Gasteiger partial charge on any atom is 0.243 e. The number of hydrogen-bond acceptors (Lipinski definition) is 4. The first-order valence-electron chi connectivity index (χ1n) is 9.37. The number of nitrogens with zero attached hydrogens (tertiary/aromatic N) is 2. The topological polar surface area (TPSA) is 79.4 Å². The predicted octanol–water partition coefficient (Wildman–Crippen LogP) is 2.61. The van der Waals surface area contributed by atoms with Gasteiger partial charge in [0.2, 0.25) is 15.9 Å². The van der Waals surface area contributed by atoms with Crippen molar-refractivity contribution in [2.24, 2.45) is 5.92 Å². The molecule has 2 aromatic rings. The highest BCUT2D eigenvalue weighted by Crippen LogP contribution is 2.29. The molecule has 1 aromatic carbocycles. The average Bonchev–Trinajstić information content (AvgIpc) is 3.17. The molecule has 0 unspecified atom stereocenters. The van der Waals surface area contributed by atoms with E-state index in [1.807, 2.05) is 12.1 Å². The molecule has 6 nitrogen and oxygen atoms in total. The average molecular weight is 385 g/mol. The fourth-order valence-electron chi connectivity index (χ4n) is 3.90. The van der Waals surface area contributed by atoms with Gasteiger partial charge < -0.3 is 5.32 Å². The van der Waals surface area contributed by atoms with Crippen molar-refractivity contribution >= 4 is 21.6 Å². The van der Waals surface area contributed by atoms with Gasteiger partial charge in [0.15, 0.2) is 0 Å². The quantitative estimate of drug-likeness (QED) is 0.877. The van der Waals surface area contributed by atoms with Crippen molar-refractivity contribution in [2.75, 3.05) is 18.4 Å². The van der Waals surface area contributed by atoms with E-state index in [1.165, 1.54) is 9.87 Å². The molecule has 1 aliphatic heterocycles. The molecule has 0 saturated carbocycles. The summed E-state index contributed by atoms with van der Waals surface area (Å²) in [6.45, 7) is 0.738. The van der Waals surface area contributed by atoms with Crippen LogP contribution in [0.15, 0.2) is 47.6 Å². The summed E-state index contributed by atoms with van der Waals surface area (Å²) in [4.78, 5) is 16.7. The minimum Gasteiger partial charge on any atom is -0.326 e. The normalized spacial score (nSPS) is 18.2. The molecule has 142 valence electrons. The van der Waals surface area contributed by atoms with E-state index < -0.39 is 10.0 Å². The number of aromatic nitrogens is 1. The maximum atomic E-state index is 13.0. The molecule has 1 aliphatic carbocycles. The first-order chi connectivity index (χ1) is 13.0. The number of pyridine rings is 1. The van der Waals surface area contributed by atoms with Crippen LogP contribution in [0.4, 0.5) is 5.69 Å². The van der Waals surface area contributed by atoms with Crippen molar-refractivity contribution in [3.8, 4) is 0 Å². The zero-order chi connectivity index (χ0) is 18.9. The molecule has 0 radical (unpaired) electrons. The lowest BCUT2D eigenvalue weighted by Crippen LogP contribution is -2.41. The molecule has 2 heterocycles. The van der Waals surface area contributed by atoms with Crippen LogP contribution in [-0.2, 0) is 27.7 Å². The number of piperidine rings is 1. The van der Waals surface area contributed by atoms with Crippen molar-refractivity contribution < 1.29 is 13.2 Å². The maximum absolute atomic E-state index is 13.0. The van der Waals surface area contributed by atoms with Gasteiger partial charge in [0.1, 0.15) is 0 Å². The van der Waals surface area contributed by atoms with Crippen molar-refractivity contribution in [1.82, 2.24) is 9.29 Å². The molecule has 1 N–H and O–H groups in total. The van der Waals surface area contributed by atoms with Crippen molar-refractivity contribution in [3.63, 3.8) is 0 Å². The summed E-state index contributed by atoms with van der Waals surface area (Å²) < 4.78 is 27.5. The molecule has 0 spiro atoms. The Morgan fingerprint density at radius 2 is 1.74 bits per heavy atom. The second-order valence-corrected chi connectivity index (χ2v) is 9.13. The summed E-state index contributed by atoms with van der Waals surface area (Å²) in [5, 5.41) is 2.88. The van der Waals surface area contributed by atoms with Gasteiger partial charge in [0.05, 0.1) is 4.90 Å². The van der Waals surface area contributed by atoms with Crippen LogP contribution in [0.3, 0.4) is 0 Å². The van der Waals surface area contributed by atoms with E-state index in [0.717, 1.165) is 24.8 Å². The summed E-state index contributed by atoms with van der Waals surface area (Å²) in [6.07, 6.45) is 7.39. The Balaban J connectivity index is 1.40. The molecular formula is C20H23N3O3S. The number of carbonyl (C=O) groups excluding carboxylic acids is 1. The van der Waals surface area contributed by atoms with Gasteiger partial charge in [-0.2, -0.15) is 4.31 Å². The molecule has 2 aliphatic rings. The number of anilines is 1. The predicted molar refractivity (Wildman–Crippen MR) is 103 cm³/mol. The van der Waals surface area contributed by atoms with Gasteiger partial charge in [0, 0.05) is 37.1 Å². The number of benzene rings is 1. The van der Waals surface area contributed by atoms with Crippen LogP contribution in [0, 0.1) is 5.92 Å². The van der Waals surface area contributed by atoms with Crippen LogP contribution >= 0.6 is 0 Å². The van der Waals surface area contributed by atoms with Gasteiger partial charge in [-0.05, 0) is 67.5 Å². The number of sulfonamides is 1. The van der Waals surface area contributed by atoms with E-state index in [1.54, 1.807) is 30.6 Å². The molecule has 1 aromatic heterocycles. The van der Waals surface area contributed by atoms with Crippen LogP contribution in [0.5, 0.6) is 0 Å². The fourth-order valence-corrected chi connectivity index (χ4v) is 5.42. The Morgan fingerprint density at radius 3 is 2.48 bits per heavy atom. The summed E-state index contributed by atoms with van der Waals surface area (Å²) in [6, 6.07) is 8.99. The summed E-state index contributed by atoms with van der Waals surface area (Å²) in [7, 11) is -3.50. The number of nitrogens with one attached hydrogen (secondary N) is 1. The highest BCUT2D eigenvalue weighted by atomic mass is 32.2. The lowest BCUT2D eigenvalue weighted by Gasteiger charge is -2.30. The minimum absolute atomic E-state index is 0.0595. The SMILES string of the molecule is O=C(Nc1ccncc1)C1CCN(S(=O)(=O)c2ccc3c(c2)CCC3)CC1. The highest BCUT2D eigenvalue weighted by molar-refractivity contribution is 7.89. The van der Waals surface area contributed by atoms with Crippen LogP contribution in [-0.4, -0.2) is 36.7 Å². The van der Waals surface area contributed by atoms with Gasteiger partial charge in [-0.15, -0.1) is 0 Å². The first kappa shape index (κ1) is 18.1. The summed E-state index contributed by atoms with van der Waals surface area (Å²) in [5.74, 6) is -0.236. The van der Waals surface area contributed by atoms with Gasteiger partial charge in [-0.1, -0.05) is 6.07 Å². The molecule has 27 heavy (non-hydrogen) atoms.